The summed E-state index contributed by atoms with van der Waals surface area (Å²) in [5.74, 6) is 0.662. The first-order valence-corrected chi connectivity index (χ1v) is 8.17. The van der Waals surface area contributed by atoms with Crippen molar-refractivity contribution in [2.45, 2.75) is 31.7 Å². The standard InChI is InChI=1S/C13H19N2OP/c16-17(12-7-2-1-3-8-12)14-10-11-6-4-5-9-13(11)15-17/h1-3,7-8,11,13H,4-6,9-10H2,(H2,14,15,16)/t11-,13+,17?/m1/s1. The van der Waals surface area contributed by atoms with Crippen molar-refractivity contribution in [1.29, 1.82) is 0 Å². The summed E-state index contributed by atoms with van der Waals surface area (Å²) < 4.78 is 0. The van der Waals surface area contributed by atoms with Gasteiger partial charge in [0.1, 0.15) is 13.1 Å². The van der Waals surface area contributed by atoms with Gasteiger partial charge in [0.15, 0.2) is 0 Å². The lowest BCUT2D eigenvalue weighted by Crippen LogP contribution is -2.57. The highest BCUT2D eigenvalue weighted by molar-refractivity contribution is 7.72. The van der Waals surface area contributed by atoms with Crippen molar-refractivity contribution in [3.63, 3.8) is 0 Å². The van der Waals surface area contributed by atoms with Crippen LogP contribution < -0.4 is 20.4 Å². The van der Waals surface area contributed by atoms with Crippen molar-refractivity contribution < 1.29 is 4.89 Å². The third-order valence-electron chi connectivity index (χ3n) is 3.95. The molecule has 2 aliphatic rings. The molecule has 0 spiro atoms. The molecule has 1 aromatic carbocycles. The summed E-state index contributed by atoms with van der Waals surface area (Å²) in [6, 6.07) is 10.2. The summed E-state index contributed by atoms with van der Waals surface area (Å²) in [7, 11) is -2.56. The predicted molar refractivity (Wildman–Crippen MR) is 69.9 cm³/mol. The Hall–Kier alpha value is -0.470. The molecule has 1 aromatic rings. The van der Waals surface area contributed by atoms with Crippen molar-refractivity contribution in [1.82, 2.24) is 10.2 Å². The van der Waals surface area contributed by atoms with Crippen LogP contribution in [0.3, 0.4) is 0 Å². The Morgan fingerprint density at radius 2 is 1.88 bits per heavy atom. The molecule has 1 aliphatic carbocycles. The summed E-state index contributed by atoms with van der Waals surface area (Å²) in [5.41, 5.74) is 0. The lowest BCUT2D eigenvalue weighted by atomic mass is 9.85. The SMILES string of the molecule is [O-][P+]1(c2ccccc2)NC[C@H]2CCCC[C@@H]2N1. The predicted octanol–water partition coefficient (Wildman–Crippen LogP) is 1.19. The van der Waals surface area contributed by atoms with E-state index < -0.39 is 7.79 Å². The van der Waals surface area contributed by atoms with E-state index in [-0.39, 0.29) is 0 Å². The zero-order valence-corrected chi connectivity index (χ0v) is 10.8. The van der Waals surface area contributed by atoms with Crippen LogP contribution in [0.4, 0.5) is 0 Å². The van der Waals surface area contributed by atoms with Gasteiger partial charge in [0, 0.05) is 12.6 Å². The second kappa shape index (κ2) is 4.66. The molecule has 3 nitrogen and oxygen atoms in total. The molecular weight excluding hydrogens is 231 g/mol. The number of fused-ring (bicyclic) bond motifs is 1. The van der Waals surface area contributed by atoms with Crippen LogP contribution in [0.15, 0.2) is 30.3 Å². The lowest BCUT2D eigenvalue weighted by Gasteiger charge is -2.44. The maximum absolute atomic E-state index is 12.9. The maximum atomic E-state index is 12.9. The molecule has 3 atom stereocenters. The van der Waals surface area contributed by atoms with E-state index in [1.165, 1.54) is 25.7 Å². The van der Waals surface area contributed by atoms with Crippen LogP contribution in [0, 0.1) is 5.92 Å². The molecular formula is C13H19N2OP. The van der Waals surface area contributed by atoms with E-state index in [0.717, 1.165) is 11.8 Å². The van der Waals surface area contributed by atoms with Crippen LogP contribution in [0.2, 0.25) is 0 Å². The van der Waals surface area contributed by atoms with Gasteiger partial charge in [-0.2, -0.15) is 10.2 Å². The summed E-state index contributed by atoms with van der Waals surface area (Å²) in [4.78, 5) is 12.9. The Labute approximate surface area is 103 Å². The van der Waals surface area contributed by atoms with Gasteiger partial charge in [0.2, 0.25) is 0 Å². The van der Waals surface area contributed by atoms with Crippen LogP contribution in [0.5, 0.6) is 0 Å². The Bertz CT molecular complexity index is 386. The van der Waals surface area contributed by atoms with Gasteiger partial charge in [-0.1, -0.05) is 31.0 Å². The first-order valence-electron chi connectivity index (χ1n) is 6.46. The molecule has 1 saturated carbocycles. The summed E-state index contributed by atoms with van der Waals surface area (Å²) in [6.07, 6.45) is 5.02. The molecule has 3 rings (SSSR count). The van der Waals surface area contributed by atoms with E-state index >= 15 is 0 Å². The fourth-order valence-electron chi connectivity index (χ4n) is 2.95. The van der Waals surface area contributed by atoms with Crippen LogP contribution in [0.25, 0.3) is 0 Å². The van der Waals surface area contributed by atoms with E-state index in [1.54, 1.807) is 0 Å². The third kappa shape index (κ3) is 2.25. The van der Waals surface area contributed by atoms with Crippen molar-refractivity contribution in [3.05, 3.63) is 30.3 Å². The molecule has 1 unspecified atom stereocenters. The molecule has 1 heterocycles. The molecule has 0 aromatic heterocycles. The highest BCUT2D eigenvalue weighted by Crippen LogP contribution is 2.45. The largest absolute Gasteiger partial charge is 0.647 e. The quantitative estimate of drug-likeness (QED) is 0.736. The Morgan fingerprint density at radius 3 is 2.71 bits per heavy atom. The van der Waals surface area contributed by atoms with Crippen molar-refractivity contribution in [2.75, 3.05) is 6.54 Å². The first kappa shape index (κ1) is 11.6. The van der Waals surface area contributed by atoms with Crippen LogP contribution >= 0.6 is 7.79 Å². The molecule has 0 amide bonds. The minimum atomic E-state index is -2.56. The number of hydrogen-bond donors (Lipinski definition) is 2. The number of benzene rings is 1. The Balaban J connectivity index is 1.80. The van der Waals surface area contributed by atoms with E-state index in [4.69, 9.17) is 0 Å². The van der Waals surface area contributed by atoms with Gasteiger partial charge in [-0.3, -0.25) is 0 Å². The minimum absolute atomic E-state index is 0.441. The fourth-order valence-corrected chi connectivity index (χ4v) is 5.26. The Morgan fingerprint density at radius 1 is 1.12 bits per heavy atom. The second-order valence-electron chi connectivity index (χ2n) is 5.09. The van der Waals surface area contributed by atoms with E-state index in [0.29, 0.717) is 12.0 Å². The van der Waals surface area contributed by atoms with E-state index in [9.17, 15) is 4.89 Å². The lowest BCUT2D eigenvalue weighted by molar-refractivity contribution is -0.175. The monoisotopic (exact) mass is 250 g/mol. The average molecular weight is 250 g/mol. The smallest absolute Gasteiger partial charge is 0.135 e. The average Bonchev–Trinajstić information content (AvgIpc) is 2.40. The molecule has 0 bridgehead atoms. The van der Waals surface area contributed by atoms with Gasteiger partial charge in [0.05, 0.1) is 0 Å². The highest BCUT2D eigenvalue weighted by Gasteiger charge is 2.41. The third-order valence-corrected chi connectivity index (χ3v) is 6.30. The summed E-state index contributed by atoms with van der Waals surface area (Å²) in [6.45, 7) is 0.893. The highest BCUT2D eigenvalue weighted by atomic mass is 31.2. The second-order valence-corrected chi connectivity index (χ2v) is 7.40. The van der Waals surface area contributed by atoms with Crippen LogP contribution in [0.1, 0.15) is 25.7 Å². The van der Waals surface area contributed by atoms with Gasteiger partial charge in [-0.25, -0.2) is 0 Å². The number of nitrogens with one attached hydrogen (secondary N) is 2. The maximum Gasteiger partial charge on any atom is 0.135 e. The summed E-state index contributed by atoms with van der Waals surface area (Å²) >= 11 is 0. The molecule has 4 heteroatoms. The van der Waals surface area contributed by atoms with E-state index in [2.05, 4.69) is 10.2 Å². The van der Waals surface area contributed by atoms with Gasteiger partial charge in [-0.05, 0) is 30.9 Å². The molecule has 0 radical (unpaired) electrons. The van der Waals surface area contributed by atoms with Gasteiger partial charge < -0.3 is 4.89 Å². The number of rotatable bonds is 1. The van der Waals surface area contributed by atoms with Crippen molar-refractivity contribution in [3.8, 4) is 0 Å². The van der Waals surface area contributed by atoms with Gasteiger partial charge in [-0.15, -0.1) is 0 Å². The molecule has 92 valence electrons. The van der Waals surface area contributed by atoms with Crippen LogP contribution in [-0.4, -0.2) is 12.6 Å². The normalized spacial score (nSPS) is 37.5. The molecule has 17 heavy (non-hydrogen) atoms. The zero-order chi connectivity index (χ0) is 11.7. The zero-order valence-electron chi connectivity index (χ0n) is 9.93. The summed E-state index contributed by atoms with van der Waals surface area (Å²) in [5, 5.41) is 7.55. The van der Waals surface area contributed by atoms with Crippen molar-refractivity contribution >= 4 is 13.1 Å². The van der Waals surface area contributed by atoms with Gasteiger partial charge in [0.25, 0.3) is 0 Å². The molecule has 2 fully saturated rings. The Kier molecular flexibility index (Phi) is 3.18. The molecule has 1 aliphatic heterocycles. The van der Waals surface area contributed by atoms with E-state index in [1.807, 2.05) is 30.3 Å². The minimum Gasteiger partial charge on any atom is -0.647 e. The van der Waals surface area contributed by atoms with Gasteiger partial charge >= 0.3 is 0 Å². The first-order chi connectivity index (χ1) is 8.28. The number of hydrogen-bond acceptors (Lipinski definition) is 3. The van der Waals surface area contributed by atoms with Crippen LogP contribution in [-0.2, 0) is 0 Å². The fraction of sp³-hybridized carbons (Fsp3) is 0.538. The molecule has 2 N–H and O–H groups in total. The van der Waals surface area contributed by atoms with Crippen molar-refractivity contribution in [2.24, 2.45) is 5.92 Å². The topological polar surface area (TPSA) is 47.1 Å². The molecule has 1 saturated heterocycles.